The van der Waals surface area contributed by atoms with Crippen LogP contribution in [0, 0.1) is 23.7 Å². The number of aldehydes is 2. The maximum atomic E-state index is 12.8. The standard InChI is InChI=1S/C58H56O6S4/c1-33(2)29-61-41-17-9-37(10-18-41)57(38-11-19-42(20-12-38)62-30-34(3)4)49-51(47-25-45(27-59)65-55(47)57)67-54-50-52(68-53(49)54)48-26-46(28-60)66-56(48)58(50,39-13-21-43(22-14-39)63-31-35(5)6)40-15-23-44(24-16-40)64-32-36(7)8/h9-28,33-36H,29-32H2,1-8H3. The first kappa shape index (κ1) is 46.2. The van der Waals surface area contributed by atoms with Crippen LogP contribution in [0.1, 0.15) is 118 Å². The molecule has 0 saturated heterocycles. The molecule has 2 aliphatic rings. The third kappa shape index (κ3) is 7.72. The molecule has 0 bridgehead atoms. The first-order valence-corrected chi connectivity index (χ1v) is 26.9. The molecule has 6 nitrogen and oxygen atoms in total. The van der Waals surface area contributed by atoms with Crippen LogP contribution in [0.25, 0.3) is 30.3 Å². The molecule has 10 rings (SSSR count). The van der Waals surface area contributed by atoms with Crippen molar-refractivity contribution >= 4 is 67.3 Å². The van der Waals surface area contributed by atoms with Crippen LogP contribution in [0.15, 0.2) is 109 Å². The lowest BCUT2D eigenvalue weighted by molar-refractivity contribution is 0.111. The third-order valence-corrected chi connectivity index (χ3v) is 17.6. The van der Waals surface area contributed by atoms with Gasteiger partial charge in [-0.3, -0.25) is 9.59 Å². The third-order valence-electron chi connectivity index (χ3n) is 12.7. The molecule has 0 unspecified atom stereocenters. The van der Waals surface area contributed by atoms with Gasteiger partial charge >= 0.3 is 0 Å². The van der Waals surface area contributed by atoms with Gasteiger partial charge < -0.3 is 18.9 Å². The van der Waals surface area contributed by atoms with Crippen molar-refractivity contribution < 1.29 is 28.5 Å². The number of hydrogen-bond donors (Lipinski definition) is 0. The number of thiophene rings is 4. The van der Waals surface area contributed by atoms with Gasteiger partial charge in [-0.25, -0.2) is 0 Å². The average molecular weight is 977 g/mol. The number of carbonyl (C=O) groups is 2. The van der Waals surface area contributed by atoms with Crippen molar-refractivity contribution in [3.05, 3.63) is 162 Å². The van der Waals surface area contributed by atoms with Crippen LogP contribution in [0.2, 0.25) is 0 Å². The van der Waals surface area contributed by atoms with Crippen LogP contribution in [0.5, 0.6) is 23.0 Å². The lowest BCUT2D eigenvalue weighted by Crippen LogP contribution is -2.28. The smallest absolute Gasteiger partial charge is 0.160 e. The second-order valence-electron chi connectivity index (χ2n) is 19.7. The van der Waals surface area contributed by atoms with Gasteiger partial charge in [-0.1, -0.05) is 104 Å². The molecule has 10 heteroatoms. The van der Waals surface area contributed by atoms with Crippen molar-refractivity contribution in [2.75, 3.05) is 26.4 Å². The fourth-order valence-corrected chi connectivity index (χ4v) is 15.5. The summed E-state index contributed by atoms with van der Waals surface area (Å²) in [5, 5.41) is 0. The molecule has 2 aliphatic carbocycles. The number of ether oxygens (including phenoxy) is 4. The highest BCUT2D eigenvalue weighted by Crippen LogP contribution is 2.70. The molecule has 0 N–H and O–H groups in total. The normalized spacial score (nSPS) is 14.1. The molecular formula is C58H56O6S4. The van der Waals surface area contributed by atoms with Gasteiger partial charge in [0.05, 0.1) is 56.4 Å². The Hall–Kier alpha value is -5.52. The van der Waals surface area contributed by atoms with E-state index in [1.54, 1.807) is 22.7 Å². The summed E-state index contributed by atoms with van der Waals surface area (Å²) in [5.74, 6) is 4.82. The molecule has 0 spiro atoms. The van der Waals surface area contributed by atoms with Crippen LogP contribution in [-0.2, 0) is 10.8 Å². The molecule has 0 aliphatic heterocycles. The van der Waals surface area contributed by atoms with Gasteiger partial charge in [-0.15, -0.1) is 45.3 Å². The lowest BCUT2D eigenvalue weighted by Gasteiger charge is -2.33. The van der Waals surface area contributed by atoms with Crippen molar-refractivity contribution in [3.63, 3.8) is 0 Å². The van der Waals surface area contributed by atoms with Gasteiger partial charge in [0, 0.05) is 41.8 Å². The summed E-state index contributed by atoms with van der Waals surface area (Å²) < 4.78 is 27.4. The molecule has 68 heavy (non-hydrogen) atoms. The zero-order valence-electron chi connectivity index (χ0n) is 39.8. The first-order chi connectivity index (χ1) is 32.9. The minimum Gasteiger partial charge on any atom is -0.493 e. The number of rotatable bonds is 18. The number of hydrogen-bond acceptors (Lipinski definition) is 10. The summed E-state index contributed by atoms with van der Waals surface area (Å²) in [7, 11) is 0. The quantitative estimate of drug-likeness (QED) is 0.0798. The Morgan fingerprint density at radius 2 is 0.676 bits per heavy atom. The molecule has 0 radical (unpaired) electrons. The van der Waals surface area contributed by atoms with Crippen LogP contribution in [0.4, 0.5) is 0 Å². The van der Waals surface area contributed by atoms with Gasteiger partial charge in [0.15, 0.2) is 12.6 Å². The topological polar surface area (TPSA) is 71.1 Å². The van der Waals surface area contributed by atoms with E-state index in [-0.39, 0.29) is 0 Å². The number of fused-ring (bicyclic) bond motifs is 9. The minimum absolute atomic E-state index is 0.385. The molecule has 8 aromatic rings. The van der Waals surface area contributed by atoms with E-state index in [0.29, 0.717) is 59.9 Å². The minimum atomic E-state index is -0.778. The Bertz CT molecular complexity index is 2780. The Morgan fingerprint density at radius 1 is 0.412 bits per heavy atom. The monoisotopic (exact) mass is 976 g/mol. The van der Waals surface area contributed by atoms with Gasteiger partial charge in [0.2, 0.25) is 0 Å². The SMILES string of the molecule is CC(C)COc1ccc(C2(c3ccc(OCC(C)C)cc3)c3sc(C=O)cc3-c3sc4c5c(sc4c32)-c2cc(C=O)sc2C5(c2ccc(OCC(C)C)cc2)c2ccc(OCC(C)C)cc2)cc1. The number of carbonyl (C=O) groups excluding carboxylic acids is 2. The fraction of sp³-hybridized carbons (Fsp3) is 0.310. The van der Waals surface area contributed by atoms with E-state index in [1.807, 2.05) is 22.7 Å². The van der Waals surface area contributed by atoms with E-state index >= 15 is 0 Å². The second-order valence-corrected chi connectivity index (χ2v) is 23.9. The van der Waals surface area contributed by atoms with E-state index in [1.165, 1.54) is 30.3 Å². The van der Waals surface area contributed by atoms with Crippen molar-refractivity contribution in [1.29, 1.82) is 0 Å². The molecule has 0 amide bonds. The van der Waals surface area contributed by atoms with Crippen molar-refractivity contribution in [3.8, 4) is 43.9 Å². The lowest BCUT2D eigenvalue weighted by atomic mass is 9.70. The molecule has 348 valence electrons. The molecular weight excluding hydrogens is 921 g/mol. The molecule has 0 atom stereocenters. The highest BCUT2D eigenvalue weighted by atomic mass is 32.1. The Kier molecular flexibility index (Phi) is 12.5. The highest BCUT2D eigenvalue weighted by Gasteiger charge is 2.55. The van der Waals surface area contributed by atoms with E-state index < -0.39 is 10.8 Å². The van der Waals surface area contributed by atoms with Crippen LogP contribution >= 0.6 is 45.3 Å². The molecule has 4 aromatic heterocycles. The van der Waals surface area contributed by atoms with E-state index in [0.717, 1.165) is 78.7 Å². The van der Waals surface area contributed by atoms with Gasteiger partial charge in [-0.05, 0) is 107 Å². The van der Waals surface area contributed by atoms with Gasteiger partial charge in [0.25, 0.3) is 0 Å². The van der Waals surface area contributed by atoms with Crippen LogP contribution in [-0.4, -0.2) is 39.0 Å². The summed E-state index contributed by atoms with van der Waals surface area (Å²) in [6.45, 7) is 19.7. The largest absolute Gasteiger partial charge is 0.493 e. The maximum absolute atomic E-state index is 12.8. The Labute approximate surface area is 415 Å². The van der Waals surface area contributed by atoms with Gasteiger partial charge in [0.1, 0.15) is 23.0 Å². The highest BCUT2D eigenvalue weighted by molar-refractivity contribution is 7.32. The van der Waals surface area contributed by atoms with E-state index in [9.17, 15) is 9.59 Å². The molecule has 4 aromatic carbocycles. The Balaban J connectivity index is 1.27. The van der Waals surface area contributed by atoms with Crippen molar-refractivity contribution in [2.24, 2.45) is 23.7 Å². The van der Waals surface area contributed by atoms with Crippen LogP contribution in [0.3, 0.4) is 0 Å². The maximum Gasteiger partial charge on any atom is 0.160 e. The summed E-state index contributed by atoms with van der Waals surface area (Å²) in [6, 6.07) is 38.7. The second kappa shape index (κ2) is 18.4. The van der Waals surface area contributed by atoms with Crippen molar-refractivity contribution in [1.82, 2.24) is 0 Å². The summed E-state index contributed by atoms with van der Waals surface area (Å²) >= 11 is 6.81. The first-order valence-electron chi connectivity index (χ1n) is 23.6. The van der Waals surface area contributed by atoms with Crippen molar-refractivity contribution in [2.45, 2.75) is 66.2 Å². The van der Waals surface area contributed by atoms with Crippen LogP contribution < -0.4 is 18.9 Å². The zero-order chi connectivity index (χ0) is 47.5. The molecule has 4 heterocycles. The predicted octanol–water partition coefficient (Wildman–Crippen LogP) is 15.6. The predicted molar refractivity (Wildman–Crippen MR) is 282 cm³/mol. The van der Waals surface area contributed by atoms with E-state index in [4.69, 9.17) is 18.9 Å². The molecule has 0 saturated carbocycles. The molecule has 0 fully saturated rings. The summed E-state index contributed by atoms with van der Waals surface area (Å²) in [6.07, 6.45) is 1.98. The number of benzene rings is 4. The summed E-state index contributed by atoms with van der Waals surface area (Å²) in [4.78, 5) is 31.6. The fourth-order valence-electron chi connectivity index (χ4n) is 9.74. The van der Waals surface area contributed by atoms with E-state index in [2.05, 4.69) is 165 Å². The zero-order valence-corrected chi connectivity index (χ0v) is 43.0. The average Bonchev–Trinajstić information content (AvgIpc) is 4.18. The van der Waals surface area contributed by atoms with Gasteiger partial charge in [-0.2, -0.15) is 0 Å². The Morgan fingerprint density at radius 3 is 0.912 bits per heavy atom. The summed E-state index contributed by atoms with van der Waals surface area (Å²) in [5.41, 5.74) is 7.45.